The minimum Gasteiger partial charge on any atom is -0.496 e. The van der Waals surface area contributed by atoms with Crippen LogP contribution in [0.1, 0.15) is 24.5 Å². The molecule has 0 bridgehead atoms. The molecule has 18 heavy (non-hydrogen) atoms. The van der Waals surface area contributed by atoms with Crippen LogP contribution in [0, 0.1) is 6.92 Å². The van der Waals surface area contributed by atoms with E-state index in [1.54, 1.807) is 7.11 Å². The Kier molecular flexibility index (Phi) is 7.46. The van der Waals surface area contributed by atoms with Crippen molar-refractivity contribution in [2.75, 3.05) is 33.4 Å². The van der Waals surface area contributed by atoms with E-state index < -0.39 is 0 Å². The summed E-state index contributed by atoms with van der Waals surface area (Å²) in [7, 11) is 1.70. The molecule has 0 unspecified atom stereocenters. The van der Waals surface area contributed by atoms with Crippen molar-refractivity contribution in [1.82, 2.24) is 5.32 Å². The SMILES string of the molecule is CCCNCCOCCc1ccc(OC)c(C)c1. The summed E-state index contributed by atoms with van der Waals surface area (Å²) in [4.78, 5) is 0. The van der Waals surface area contributed by atoms with Gasteiger partial charge in [0.1, 0.15) is 5.75 Å². The van der Waals surface area contributed by atoms with Crippen LogP contribution in [0.4, 0.5) is 0 Å². The van der Waals surface area contributed by atoms with Gasteiger partial charge in [-0.3, -0.25) is 0 Å². The van der Waals surface area contributed by atoms with Crippen LogP contribution < -0.4 is 10.1 Å². The highest BCUT2D eigenvalue weighted by atomic mass is 16.5. The van der Waals surface area contributed by atoms with Gasteiger partial charge in [-0.25, -0.2) is 0 Å². The lowest BCUT2D eigenvalue weighted by Crippen LogP contribution is -2.20. The van der Waals surface area contributed by atoms with E-state index >= 15 is 0 Å². The quantitative estimate of drug-likeness (QED) is 0.684. The van der Waals surface area contributed by atoms with E-state index in [9.17, 15) is 0 Å². The zero-order chi connectivity index (χ0) is 13.2. The van der Waals surface area contributed by atoms with E-state index in [1.165, 1.54) is 17.5 Å². The van der Waals surface area contributed by atoms with Gasteiger partial charge in [0.15, 0.2) is 0 Å². The average molecular weight is 251 g/mol. The number of methoxy groups -OCH3 is 1. The predicted octanol–water partition coefficient (Wildman–Crippen LogP) is 2.56. The first-order valence-corrected chi connectivity index (χ1v) is 6.70. The monoisotopic (exact) mass is 251 g/mol. The van der Waals surface area contributed by atoms with Gasteiger partial charge in [0, 0.05) is 6.54 Å². The maximum absolute atomic E-state index is 5.59. The Morgan fingerprint density at radius 1 is 1.17 bits per heavy atom. The van der Waals surface area contributed by atoms with E-state index in [0.29, 0.717) is 0 Å². The summed E-state index contributed by atoms with van der Waals surface area (Å²) in [5.74, 6) is 0.948. The highest BCUT2D eigenvalue weighted by Gasteiger charge is 1.99. The van der Waals surface area contributed by atoms with Crippen molar-refractivity contribution in [1.29, 1.82) is 0 Å². The van der Waals surface area contributed by atoms with Gasteiger partial charge in [-0.2, -0.15) is 0 Å². The van der Waals surface area contributed by atoms with E-state index in [4.69, 9.17) is 9.47 Å². The summed E-state index contributed by atoms with van der Waals surface area (Å²) in [6.07, 6.45) is 2.13. The molecule has 1 aromatic carbocycles. The summed E-state index contributed by atoms with van der Waals surface area (Å²) in [5.41, 5.74) is 2.48. The van der Waals surface area contributed by atoms with Gasteiger partial charge in [0.25, 0.3) is 0 Å². The molecular formula is C15H25NO2. The van der Waals surface area contributed by atoms with Gasteiger partial charge < -0.3 is 14.8 Å². The second-order valence-electron chi connectivity index (χ2n) is 4.42. The zero-order valence-electron chi connectivity index (χ0n) is 11.8. The fraction of sp³-hybridized carbons (Fsp3) is 0.600. The van der Waals surface area contributed by atoms with Crippen LogP contribution in [0.5, 0.6) is 5.75 Å². The first-order valence-electron chi connectivity index (χ1n) is 6.70. The highest BCUT2D eigenvalue weighted by Crippen LogP contribution is 2.18. The number of hydrogen-bond donors (Lipinski definition) is 1. The van der Waals surface area contributed by atoms with Crippen LogP contribution in [0.25, 0.3) is 0 Å². The number of rotatable bonds is 9. The minimum atomic E-state index is 0.777. The van der Waals surface area contributed by atoms with Gasteiger partial charge in [0.2, 0.25) is 0 Å². The second-order valence-corrected chi connectivity index (χ2v) is 4.42. The van der Waals surface area contributed by atoms with Crippen LogP contribution in [0.15, 0.2) is 18.2 Å². The number of nitrogens with one attached hydrogen (secondary N) is 1. The third-order valence-corrected chi connectivity index (χ3v) is 2.84. The molecule has 1 rings (SSSR count). The van der Waals surface area contributed by atoms with E-state index in [0.717, 1.165) is 38.5 Å². The highest BCUT2D eigenvalue weighted by molar-refractivity contribution is 5.36. The molecule has 0 aromatic heterocycles. The largest absolute Gasteiger partial charge is 0.496 e. The molecule has 3 heteroatoms. The Labute approximate surface area is 110 Å². The molecule has 0 aliphatic carbocycles. The fourth-order valence-corrected chi connectivity index (χ4v) is 1.83. The van der Waals surface area contributed by atoms with Crippen molar-refractivity contribution in [3.05, 3.63) is 29.3 Å². The molecule has 3 nitrogen and oxygen atoms in total. The van der Waals surface area contributed by atoms with Gasteiger partial charge >= 0.3 is 0 Å². The van der Waals surface area contributed by atoms with Crippen LogP contribution in [-0.4, -0.2) is 33.4 Å². The van der Waals surface area contributed by atoms with Crippen molar-refractivity contribution in [3.8, 4) is 5.75 Å². The van der Waals surface area contributed by atoms with Crippen molar-refractivity contribution in [2.24, 2.45) is 0 Å². The lowest BCUT2D eigenvalue weighted by Gasteiger charge is -2.08. The first kappa shape index (κ1) is 15.0. The lowest BCUT2D eigenvalue weighted by molar-refractivity contribution is 0.139. The number of aryl methyl sites for hydroxylation is 1. The smallest absolute Gasteiger partial charge is 0.121 e. The molecule has 0 spiro atoms. The number of benzene rings is 1. The summed E-state index contributed by atoms with van der Waals surface area (Å²) >= 11 is 0. The van der Waals surface area contributed by atoms with Crippen LogP contribution >= 0.6 is 0 Å². The van der Waals surface area contributed by atoms with E-state index in [1.807, 2.05) is 6.07 Å². The Balaban J connectivity index is 2.17. The van der Waals surface area contributed by atoms with Gasteiger partial charge in [-0.05, 0) is 43.5 Å². The van der Waals surface area contributed by atoms with Crippen molar-refractivity contribution in [2.45, 2.75) is 26.7 Å². The minimum absolute atomic E-state index is 0.777. The summed E-state index contributed by atoms with van der Waals surface area (Å²) in [6.45, 7) is 7.81. The third-order valence-electron chi connectivity index (χ3n) is 2.84. The number of ether oxygens (including phenoxy) is 2. The fourth-order valence-electron chi connectivity index (χ4n) is 1.83. The van der Waals surface area contributed by atoms with Crippen LogP contribution in [0.2, 0.25) is 0 Å². The molecule has 1 aromatic rings. The molecule has 102 valence electrons. The molecule has 0 saturated heterocycles. The van der Waals surface area contributed by atoms with Gasteiger partial charge in [-0.1, -0.05) is 19.1 Å². The van der Waals surface area contributed by atoms with Crippen molar-refractivity contribution < 1.29 is 9.47 Å². The summed E-state index contributed by atoms with van der Waals surface area (Å²) < 4.78 is 10.8. The number of hydrogen-bond acceptors (Lipinski definition) is 3. The Hall–Kier alpha value is -1.06. The topological polar surface area (TPSA) is 30.5 Å². The Morgan fingerprint density at radius 3 is 2.67 bits per heavy atom. The maximum Gasteiger partial charge on any atom is 0.121 e. The maximum atomic E-state index is 5.59. The standard InChI is InChI=1S/C15H25NO2/c1-4-8-16-9-11-18-10-7-14-5-6-15(17-3)13(2)12-14/h5-6,12,16H,4,7-11H2,1-3H3. The molecule has 0 atom stereocenters. The van der Waals surface area contributed by atoms with Gasteiger partial charge in [0.05, 0.1) is 20.3 Å². The molecular weight excluding hydrogens is 226 g/mol. The Morgan fingerprint density at radius 2 is 2.00 bits per heavy atom. The summed E-state index contributed by atoms with van der Waals surface area (Å²) in [6, 6.07) is 6.29. The van der Waals surface area contributed by atoms with Gasteiger partial charge in [-0.15, -0.1) is 0 Å². The van der Waals surface area contributed by atoms with Crippen molar-refractivity contribution >= 4 is 0 Å². The van der Waals surface area contributed by atoms with Crippen molar-refractivity contribution in [3.63, 3.8) is 0 Å². The van der Waals surface area contributed by atoms with E-state index in [2.05, 4.69) is 31.3 Å². The van der Waals surface area contributed by atoms with E-state index in [-0.39, 0.29) is 0 Å². The first-order chi connectivity index (χ1) is 8.77. The second kappa shape index (κ2) is 8.95. The molecule has 0 radical (unpaired) electrons. The molecule has 0 saturated carbocycles. The molecule has 0 amide bonds. The molecule has 1 N–H and O–H groups in total. The molecule has 0 aliphatic rings. The zero-order valence-corrected chi connectivity index (χ0v) is 11.8. The Bertz CT molecular complexity index is 339. The van der Waals surface area contributed by atoms with Crippen LogP contribution in [0.3, 0.4) is 0 Å². The molecule has 0 heterocycles. The average Bonchev–Trinajstić information content (AvgIpc) is 2.38. The van der Waals surface area contributed by atoms with Crippen LogP contribution in [-0.2, 0) is 11.2 Å². The molecule has 0 aliphatic heterocycles. The predicted molar refractivity (Wildman–Crippen MR) is 75.4 cm³/mol. The normalized spacial score (nSPS) is 10.6. The third kappa shape index (κ3) is 5.52. The lowest BCUT2D eigenvalue weighted by atomic mass is 10.1. The molecule has 0 fully saturated rings. The summed E-state index contributed by atoms with van der Waals surface area (Å²) in [5, 5.41) is 3.32.